The molecule has 10 nitrogen and oxygen atoms in total. The number of benzene rings is 2. The van der Waals surface area contributed by atoms with E-state index >= 15 is 0 Å². The summed E-state index contributed by atoms with van der Waals surface area (Å²) in [6, 6.07) is 8.32. The second-order valence-corrected chi connectivity index (χ2v) is 9.83. The SMILES string of the molecule is CCN(CC)C(=O)[C@@H]1CCCCN1S(=O)(=O)c1cc([N+](=O)[O-])ccc1N/N=C\c1ccccc1F. The van der Waals surface area contributed by atoms with Crippen molar-refractivity contribution in [2.45, 2.75) is 44.0 Å². The Hall–Kier alpha value is -3.38. The molecule has 0 aliphatic carbocycles. The van der Waals surface area contributed by atoms with E-state index in [-0.39, 0.29) is 28.6 Å². The second kappa shape index (κ2) is 11.4. The van der Waals surface area contributed by atoms with Crippen molar-refractivity contribution in [3.05, 3.63) is 64.0 Å². The number of piperidine rings is 1. The summed E-state index contributed by atoms with van der Waals surface area (Å²) in [7, 11) is -4.33. The van der Waals surface area contributed by atoms with Crippen LogP contribution in [0.4, 0.5) is 15.8 Å². The van der Waals surface area contributed by atoms with Crippen LogP contribution in [-0.4, -0.2) is 60.3 Å². The van der Waals surface area contributed by atoms with Crippen LogP contribution in [0.5, 0.6) is 0 Å². The summed E-state index contributed by atoms with van der Waals surface area (Å²) in [5.41, 5.74) is 2.30. The van der Waals surface area contributed by atoms with Crippen molar-refractivity contribution in [2.75, 3.05) is 25.1 Å². The van der Waals surface area contributed by atoms with Gasteiger partial charge < -0.3 is 4.90 Å². The summed E-state index contributed by atoms with van der Waals surface area (Å²) in [5.74, 6) is -0.809. The fourth-order valence-corrected chi connectivity index (χ4v) is 5.81. The van der Waals surface area contributed by atoms with E-state index in [0.29, 0.717) is 32.4 Å². The minimum Gasteiger partial charge on any atom is -0.342 e. The maximum absolute atomic E-state index is 13.9. The van der Waals surface area contributed by atoms with Gasteiger partial charge >= 0.3 is 0 Å². The summed E-state index contributed by atoms with van der Waals surface area (Å²) in [6.45, 7) is 4.63. The van der Waals surface area contributed by atoms with Crippen molar-refractivity contribution in [2.24, 2.45) is 5.10 Å². The topological polar surface area (TPSA) is 125 Å². The first-order valence-electron chi connectivity index (χ1n) is 11.3. The first-order valence-corrected chi connectivity index (χ1v) is 12.8. The zero-order valence-electron chi connectivity index (χ0n) is 19.6. The fraction of sp³-hybridized carbons (Fsp3) is 0.391. The molecule has 1 N–H and O–H groups in total. The zero-order chi connectivity index (χ0) is 25.6. The van der Waals surface area contributed by atoms with Crippen LogP contribution in [-0.2, 0) is 14.8 Å². The molecule has 188 valence electrons. The number of non-ortho nitro benzene ring substituents is 1. The van der Waals surface area contributed by atoms with Gasteiger partial charge in [-0.1, -0.05) is 24.6 Å². The molecule has 0 saturated carbocycles. The lowest BCUT2D eigenvalue weighted by atomic mass is 10.0. The van der Waals surface area contributed by atoms with Gasteiger partial charge in [0, 0.05) is 37.3 Å². The Kier molecular flexibility index (Phi) is 8.52. The minimum atomic E-state index is -4.33. The van der Waals surface area contributed by atoms with Crippen molar-refractivity contribution in [3.63, 3.8) is 0 Å². The first kappa shape index (κ1) is 26.2. The molecule has 2 aromatic carbocycles. The van der Waals surface area contributed by atoms with Crippen LogP contribution in [0.2, 0.25) is 0 Å². The largest absolute Gasteiger partial charge is 0.342 e. The number of nitrogens with one attached hydrogen (secondary N) is 1. The van der Waals surface area contributed by atoms with E-state index in [2.05, 4.69) is 10.5 Å². The van der Waals surface area contributed by atoms with Gasteiger partial charge in [0.15, 0.2) is 0 Å². The molecule has 0 radical (unpaired) electrons. The van der Waals surface area contributed by atoms with Gasteiger partial charge in [-0.3, -0.25) is 20.3 Å². The number of carbonyl (C=O) groups is 1. The molecule has 1 heterocycles. The molecular formula is C23H28FN5O5S. The summed E-state index contributed by atoms with van der Waals surface area (Å²) >= 11 is 0. The number of hydrogen-bond donors (Lipinski definition) is 1. The van der Waals surface area contributed by atoms with Crippen LogP contribution in [0.1, 0.15) is 38.7 Å². The minimum absolute atomic E-state index is 0.0252. The third-order valence-electron chi connectivity index (χ3n) is 5.87. The molecule has 1 saturated heterocycles. The molecule has 1 aliphatic rings. The van der Waals surface area contributed by atoms with E-state index in [4.69, 9.17) is 0 Å². The normalized spacial score (nSPS) is 16.8. The quantitative estimate of drug-likeness (QED) is 0.315. The number of amides is 1. The van der Waals surface area contributed by atoms with Crippen molar-refractivity contribution in [1.82, 2.24) is 9.21 Å². The van der Waals surface area contributed by atoms with E-state index < -0.39 is 32.5 Å². The molecule has 1 atom stereocenters. The van der Waals surface area contributed by atoms with Gasteiger partial charge in [0.1, 0.15) is 16.8 Å². The average molecular weight is 506 g/mol. The van der Waals surface area contributed by atoms with E-state index in [9.17, 15) is 27.7 Å². The highest BCUT2D eigenvalue weighted by Crippen LogP contribution is 2.33. The van der Waals surface area contributed by atoms with E-state index in [0.717, 1.165) is 16.4 Å². The van der Waals surface area contributed by atoms with Gasteiger partial charge in [-0.15, -0.1) is 0 Å². The van der Waals surface area contributed by atoms with Crippen LogP contribution in [0.25, 0.3) is 0 Å². The van der Waals surface area contributed by atoms with Crippen LogP contribution >= 0.6 is 0 Å². The number of anilines is 1. The predicted octanol–water partition coefficient (Wildman–Crippen LogP) is 3.59. The summed E-state index contributed by atoms with van der Waals surface area (Å²) in [6.07, 6.45) is 2.79. The van der Waals surface area contributed by atoms with E-state index in [1.807, 2.05) is 13.8 Å². The number of hydrogen-bond acceptors (Lipinski definition) is 7. The van der Waals surface area contributed by atoms with Crippen molar-refractivity contribution in [3.8, 4) is 0 Å². The third kappa shape index (κ3) is 5.82. The molecule has 2 aromatic rings. The Bertz CT molecular complexity index is 1220. The van der Waals surface area contributed by atoms with Crippen LogP contribution in [0.3, 0.4) is 0 Å². The second-order valence-electron chi connectivity index (χ2n) is 7.97. The average Bonchev–Trinajstić information content (AvgIpc) is 2.85. The first-order chi connectivity index (χ1) is 16.7. The van der Waals surface area contributed by atoms with Gasteiger partial charge in [0.05, 0.1) is 16.8 Å². The Labute approximate surface area is 203 Å². The number of nitrogens with zero attached hydrogens (tertiary/aromatic N) is 4. The van der Waals surface area contributed by atoms with Crippen LogP contribution in [0, 0.1) is 15.9 Å². The number of nitro groups is 1. The number of nitro benzene ring substituents is 1. The maximum Gasteiger partial charge on any atom is 0.270 e. The Morgan fingerprint density at radius 1 is 1.26 bits per heavy atom. The molecule has 35 heavy (non-hydrogen) atoms. The zero-order valence-corrected chi connectivity index (χ0v) is 20.4. The summed E-state index contributed by atoms with van der Waals surface area (Å²) in [5, 5.41) is 15.3. The lowest BCUT2D eigenvalue weighted by molar-refractivity contribution is -0.385. The van der Waals surface area contributed by atoms with Gasteiger partial charge in [0.2, 0.25) is 15.9 Å². The molecule has 3 rings (SSSR count). The molecule has 0 bridgehead atoms. The number of hydrazone groups is 1. The van der Waals surface area contributed by atoms with E-state index in [1.54, 1.807) is 11.0 Å². The maximum atomic E-state index is 13.9. The summed E-state index contributed by atoms with van der Waals surface area (Å²) < 4.78 is 42.5. The standard InChI is InChI=1S/C23H28FN5O5S/c1-3-27(4-2)23(30)21-11-7-8-14-28(21)35(33,34)22-15-18(29(31)32)12-13-20(22)26-25-16-17-9-5-6-10-19(17)24/h5-6,9-10,12-13,15-16,21,26H,3-4,7-8,11,14H2,1-2H3/b25-16-/t21-/m0/s1. The Balaban J connectivity index is 2.01. The molecule has 1 aliphatic heterocycles. The molecule has 0 spiro atoms. The third-order valence-corrected chi connectivity index (χ3v) is 7.82. The fourth-order valence-electron chi connectivity index (χ4n) is 3.99. The number of rotatable bonds is 9. The molecule has 0 aromatic heterocycles. The molecule has 0 unspecified atom stereocenters. The monoisotopic (exact) mass is 505 g/mol. The van der Waals surface area contributed by atoms with Gasteiger partial charge in [-0.2, -0.15) is 9.41 Å². The Morgan fingerprint density at radius 2 is 1.97 bits per heavy atom. The number of sulfonamides is 1. The predicted molar refractivity (Wildman–Crippen MR) is 130 cm³/mol. The van der Waals surface area contributed by atoms with Crippen molar-refractivity contribution < 1.29 is 22.5 Å². The molecule has 12 heteroatoms. The van der Waals surface area contributed by atoms with Gasteiger partial charge in [-0.25, -0.2) is 12.8 Å². The van der Waals surface area contributed by atoms with Crippen LogP contribution in [0.15, 0.2) is 52.5 Å². The molecule has 1 amide bonds. The highest BCUT2D eigenvalue weighted by atomic mass is 32.2. The van der Waals surface area contributed by atoms with Crippen LogP contribution < -0.4 is 5.43 Å². The molecular weight excluding hydrogens is 477 g/mol. The molecule has 1 fully saturated rings. The number of carbonyl (C=O) groups excluding carboxylic acids is 1. The summed E-state index contributed by atoms with van der Waals surface area (Å²) in [4.78, 5) is 25.0. The lowest BCUT2D eigenvalue weighted by Gasteiger charge is -2.36. The highest BCUT2D eigenvalue weighted by Gasteiger charge is 2.40. The Morgan fingerprint density at radius 3 is 2.63 bits per heavy atom. The highest BCUT2D eigenvalue weighted by molar-refractivity contribution is 7.89. The van der Waals surface area contributed by atoms with Crippen molar-refractivity contribution >= 4 is 33.5 Å². The lowest BCUT2D eigenvalue weighted by Crippen LogP contribution is -2.52. The smallest absolute Gasteiger partial charge is 0.270 e. The van der Waals surface area contributed by atoms with Crippen molar-refractivity contribution in [1.29, 1.82) is 0 Å². The van der Waals surface area contributed by atoms with Gasteiger partial charge in [0.25, 0.3) is 5.69 Å². The number of likely N-dealkylation sites (N-methyl/N-ethyl adjacent to an activating group) is 1. The van der Waals surface area contributed by atoms with E-state index in [1.165, 1.54) is 30.5 Å². The number of halogens is 1. The van der Waals surface area contributed by atoms with Gasteiger partial charge in [-0.05, 0) is 38.8 Å².